The summed E-state index contributed by atoms with van der Waals surface area (Å²) in [6.45, 7) is 7.18. The standard InChI is InChI=1S/C23H32N4O4/c1-5-16(3)26(13-19(28)24-18-10-8-9-15(2)17(18)4)20(29)14-27-21(30)23(25-22(27)31)11-6-7-12-23/h8-10,16H,5-7,11-14H2,1-4H3,(H,24,28)(H,25,31)/t16-/m0/s1. The lowest BCUT2D eigenvalue weighted by atomic mass is 9.98. The van der Waals surface area contributed by atoms with Crippen LogP contribution in [0, 0.1) is 13.8 Å². The second-order valence-electron chi connectivity index (χ2n) is 8.69. The van der Waals surface area contributed by atoms with Gasteiger partial charge >= 0.3 is 6.03 Å². The first-order valence-corrected chi connectivity index (χ1v) is 11.0. The molecule has 1 saturated heterocycles. The first-order chi connectivity index (χ1) is 14.7. The van der Waals surface area contributed by atoms with Gasteiger partial charge in [0.05, 0.1) is 0 Å². The lowest BCUT2D eigenvalue weighted by Crippen LogP contribution is -2.49. The van der Waals surface area contributed by atoms with Gasteiger partial charge in [-0.3, -0.25) is 19.3 Å². The average Bonchev–Trinajstić information content (AvgIpc) is 3.29. The van der Waals surface area contributed by atoms with E-state index in [0.29, 0.717) is 24.9 Å². The fraction of sp³-hybridized carbons (Fsp3) is 0.565. The largest absolute Gasteiger partial charge is 0.329 e. The van der Waals surface area contributed by atoms with E-state index in [4.69, 9.17) is 0 Å². The van der Waals surface area contributed by atoms with Gasteiger partial charge in [-0.25, -0.2) is 4.79 Å². The van der Waals surface area contributed by atoms with Crippen molar-refractivity contribution < 1.29 is 19.2 Å². The molecule has 2 fully saturated rings. The molecule has 2 aliphatic rings. The molecule has 1 aromatic carbocycles. The maximum absolute atomic E-state index is 13.1. The van der Waals surface area contributed by atoms with Crippen molar-refractivity contribution >= 4 is 29.4 Å². The van der Waals surface area contributed by atoms with Crippen LogP contribution in [-0.2, 0) is 14.4 Å². The molecule has 1 saturated carbocycles. The maximum atomic E-state index is 13.1. The minimum Gasteiger partial charge on any atom is -0.329 e. The molecule has 168 valence electrons. The molecular formula is C23H32N4O4. The molecule has 5 amide bonds. The quantitative estimate of drug-likeness (QED) is 0.653. The van der Waals surface area contributed by atoms with Gasteiger partial charge in [0.1, 0.15) is 18.6 Å². The number of aryl methyl sites for hydroxylation is 1. The summed E-state index contributed by atoms with van der Waals surface area (Å²) in [4.78, 5) is 53.5. The molecule has 1 heterocycles. The summed E-state index contributed by atoms with van der Waals surface area (Å²) < 4.78 is 0. The predicted octanol–water partition coefficient (Wildman–Crippen LogP) is 2.73. The number of carbonyl (C=O) groups excluding carboxylic acids is 4. The highest BCUT2D eigenvalue weighted by Crippen LogP contribution is 2.35. The third-order valence-electron chi connectivity index (χ3n) is 6.63. The number of nitrogens with one attached hydrogen (secondary N) is 2. The first kappa shape index (κ1) is 22.8. The summed E-state index contributed by atoms with van der Waals surface area (Å²) >= 11 is 0. The number of nitrogens with zero attached hydrogens (tertiary/aromatic N) is 2. The molecule has 3 rings (SSSR count). The average molecular weight is 429 g/mol. The maximum Gasteiger partial charge on any atom is 0.325 e. The number of hydrogen-bond donors (Lipinski definition) is 2. The van der Waals surface area contributed by atoms with Gasteiger partial charge in [-0.05, 0) is 57.2 Å². The van der Waals surface area contributed by atoms with Gasteiger partial charge < -0.3 is 15.5 Å². The van der Waals surface area contributed by atoms with E-state index in [9.17, 15) is 19.2 Å². The molecule has 0 radical (unpaired) electrons. The van der Waals surface area contributed by atoms with Crippen LogP contribution in [0.25, 0.3) is 0 Å². The van der Waals surface area contributed by atoms with Crippen LogP contribution >= 0.6 is 0 Å². The van der Waals surface area contributed by atoms with E-state index in [0.717, 1.165) is 28.9 Å². The van der Waals surface area contributed by atoms with Crippen LogP contribution in [0.15, 0.2) is 18.2 Å². The Balaban J connectivity index is 1.69. The number of hydrogen-bond acceptors (Lipinski definition) is 4. The van der Waals surface area contributed by atoms with E-state index in [1.165, 1.54) is 4.90 Å². The molecule has 31 heavy (non-hydrogen) atoms. The Bertz CT molecular complexity index is 892. The van der Waals surface area contributed by atoms with Crippen molar-refractivity contribution in [2.75, 3.05) is 18.4 Å². The highest BCUT2D eigenvalue weighted by atomic mass is 16.2. The van der Waals surface area contributed by atoms with Gasteiger partial charge in [-0.15, -0.1) is 0 Å². The zero-order chi connectivity index (χ0) is 22.8. The minimum atomic E-state index is -0.849. The molecule has 1 aromatic rings. The van der Waals surface area contributed by atoms with Gasteiger partial charge in [0.2, 0.25) is 11.8 Å². The van der Waals surface area contributed by atoms with E-state index in [2.05, 4.69) is 10.6 Å². The van der Waals surface area contributed by atoms with Crippen molar-refractivity contribution in [3.05, 3.63) is 29.3 Å². The number of urea groups is 1. The molecule has 1 spiro atoms. The van der Waals surface area contributed by atoms with Crippen molar-refractivity contribution in [2.24, 2.45) is 0 Å². The van der Waals surface area contributed by atoms with E-state index in [1.807, 2.05) is 45.9 Å². The Morgan fingerprint density at radius 3 is 2.55 bits per heavy atom. The molecular weight excluding hydrogens is 396 g/mol. The molecule has 0 aromatic heterocycles. The van der Waals surface area contributed by atoms with Crippen LogP contribution in [0.2, 0.25) is 0 Å². The third-order valence-corrected chi connectivity index (χ3v) is 6.63. The molecule has 8 heteroatoms. The lowest BCUT2D eigenvalue weighted by Gasteiger charge is -2.29. The van der Waals surface area contributed by atoms with Gasteiger partial charge in [0, 0.05) is 11.7 Å². The molecule has 0 unspecified atom stereocenters. The number of anilines is 1. The lowest BCUT2D eigenvalue weighted by molar-refractivity contribution is -0.141. The SMILES string of the molecule is CC[C@H](C)N(CC(=O)Nc1cccc(C)c1C)C(=O)CN1C(=O)NC2(CCCC2)C1=O. The summed E-state index contributed by atoms with van der Waals surface area (Å²) in [7, 11) is 0. The molecule has 2 N–H and O–H groups in total. The van der Waals surface area contributed by atoms with Gasteiger partial charge in [0.25, 0.3) is 5.91 Å². The Kier molecular flexibility index (Phi) is 6.67. The van der Waals surface area contributed by atoms with Gasteiger partial charge in [0.15, 0.2) is 0 Å². The van der Waals surface area contributed by atoms with Crippen molar-refractivity contribution in [3.63, 3.8) is 0 Å². The molecule has 1 aliphatic carbocycles. The summed E-state index contributed by atoms with van der Waals surface area (Å²) in [5.74, 6) is -1.05. The Morgan fingerprint density at radius 2 is 1.90 bits per heavy atom. The summed E-state index contributed by atoms with van der Waals surface area (Å²) in [5.41, 5.74) is 1.89. The van der Waals surface area contributed by atoms with E-state index in [1.54, 1.807) is 0 Å². The number of benzene rings is 1. The summed E-state index contributed by atoms with van der Waals surface area (Å²) in [6.07, 6.45) is 3.62. The van der Waals surface area contributed by atoms with Crippen LogP contribution < -0.4 is 10.6 Å². The van der Waals surface area contributed by atoms with Crippen molar-refractivity contribution in [2.45, 2.75) is 71.4 Å². The molecule has 1 aliphatic heterocycles. The number of amides is 5. The number of imide groups is 1. The van der Waals surface area contributed by atoms with Gasteiger partial charge in [-0.1, -0.05) is 31.9 Å². The van der Waals surface area contributed by atoms with Crippen molar-refractivity contribution in [1.82, 2.24) is 15.1 Å². The van der Waals surface area contributed by atoms with Crippen LogP contribution in [-0.4, -0.2) is 58.2 Å². The van der Waals surface area contributed by atoms with E-state index >= 15 is 0 Å². The number of carbonyl (C=O) groups is 4. The fourth-order valence-electron chi connectivity index (χ4n) is 4.30. The minimum absolute atomic E-state index is 0.143. The van der Waals surface area contributed by atoms with Crippen molar-refractivity contribution in [3.8, 4) is 0 Å². The molecule has 1 atom stereocenters. The monoisotopic (exact) mass is 428 g/mol. The van der Waals surface area contributed by atoms with Crippen molar-refractivity contribution in [1.29, 1.82) is 0 Å². The predicted molar refractivity (Wildman–Crippen MR) is 117 cm³/mol. The highest BCUT2D eigenvalue weighted by molar-refractivity contribution is 6.09. The molecule has 0 bridgehead atoms. The normalized spacial score (nSPS) is 18.3. The first-order valence-electron chi connectivity index (χ1n) is 11.0. The smallest absolute Gasteiger partial charge is 0.325 e. The summed E-state index contributed by atoms with van der Waals surface area (Å²) in [5, 5.41) is 5.66. The Morgan fingerprint density at radius 1 is 1.23 bits per heavy atom. The second-order valence-corrected chi connectivity index (χ2v) is 8.69. The Labute approximate surface area is 183 Å². The Hall–Kier alpha value is -2.90. The van der Waals surface area contributed by atoms with E-state index < -0.39 is 17.5 Å². The number of rotatable bonds is 7. The fourth-order valence-corrected chi connectivity index (χ4v) is 4.30. The van der Waals surface area contributed by atoms with Crippen LogP contribution in [0.4, 0.5) is 10.5 Å². The highest BCUT2D eigenvalue weighted by Gasteiger charge is 2.53. The van der Waals surface area contributed by atoms with Gasteiger partial charge in [-0.2, -0.15) is 0 Å². The summed E-state index contributed by atoms with van der Waals surface area (Å²) in [6, 6.07) is 4.92. The topological polar surface area (TPSA) is 98.8 Å². The molecule has 8 nitrogen and oxygen atoms in total. The van der Waals surface area contributed by atoms with Crippen LogP contribution in [0.3, 0.4) is 0 Å². The zero-order valence-electron chi connectivity index (χ0n) is 18.8. The third kappa shape index (κ3) is 4.57. The van der Waals surface area contributed by atoms with Crippen LogP contribution in [0.5, 0.6) is 0 Å². The zero-order valence-corrected chi connectivity index (χ0v) is 18.8. The van der Waals surface area contributed by atoms with Crippen LogP contribution in [0.1, 0.15) is 57.1 Å². The van der Waals surface area contributed by atoms with E-state index in [-0.39, 0.29) is 30.9 Å². The second kappa shape index (κ2) is 9.08.